The first-order valence-electron chi connectivity index (χ1n) is 8.10. The van der Waals surface area contributed by atoms with E-state index in [-0.39, 0.29) is 11.7 Å². The van der Waals surface area contributed by atoms with E-state index in [4.69, 9.17) is 0 Å². The van der Waals surface area contributed by atoms with Gasteiger partial charge in [0.05, 0.1) is 5.69 Å². The van der Waals surface area contributed by atoms with Crippen molar-refractivity contribution in [1.29, 1.82) is 0 Å². The van der Waals surface area contributed by atoms with Crippen LogP contribution in [0.25, 0.3) is 5.65 Å². The zero-order chi connectivity index (χ0) is 15.4. The van der Waals surface area contributed by atoms with Crippen molar-refractivity contribution in [2.75, 3.05) is 6.54 Å². The number of hydrogen-bond donors (Lipinski definition) is 1. The van der Waals surface area contributed by atoms with Gasteiger partial charge in [0.15, 0.2) is 0 Å². The highest BCUT2D eigenvalue weighted by Gasteiger charge is 2.16. The van der Waals surface area contributed by atoms with Crippen LogP contribution in [-0.2, 0) is 11.2 Å². The predicted molar refractivity (Wildman–Crippen MR) is 83.1 cm³/mol. The molecule has 0 aromatic carbocycles. The summed E-state index contributed by atoms with van der Waals surface area (Å²) in [5, 5.41) is 2.97. The summed E-state index contributed by atoms with van der Waals surface area (Å²) >= 11 is 0. The van der Waals surface area contributed by atoms with Crippen molar-refractivity contribution in [3.8, 4) is 0 Å². The number of amides is 1. The summed E-state index contributed by atoms with van der Waals surface area (Å²) in [6.45, 7) is 0.581. The largest absolute Gasteiger partial charge is 0.356 e. The molecule has 22 heavy (non-hydrogen) atoms. The van der Waals surface area contributed by atoms with Crippen LogP contribution in [0, 0.1) is 11.7 Å². The monoisotopic (exact) mass is 303 g/mol. The lowest BCUT2D eigenvalue weighted by Gasteiger charge is -2.20. The predicted octanol–water partition coefficient (Wildman–Crippen LogP) is 3.10. The van der Waals surface area contributed by atoms with Crippen molar-refractivity contribution in [3.05, 3.63) is 36.0 Å². The van der Waals surface area contributed by atoms with Crippen molar-refractivity contribution < 1.29 is 9.18 Å². The fourth-order valence-electron chi connectivity index (χ4n) is 3.19. The summed E-state index contributed by atoms with van der Waals surface area (Å²) in [7, 11) is 0. The fraction of sp³-hybridized carbons (Fsp3) is 0.529. The topological polar surface area (TPSA) is 46.4 Å². The molecule has 0 atom stereocenters. The molecule has 1 aliphatic rings. The first-order valence-corrected chi connectivity index (χ1v) is 8.10. The average molecular weight is 303 g/mol. The van der Waals surface area contributed by atoms with Crippen LogP contribution in [0.1, 0.15) is 44.2 Å². The molecule has 0 bridgehead atoms. The van der Waals surface area contributed by atoms with Gasteiger partial charge in [-0.05, 0) is 30.9 Å². The van der Waals surface area contributed by atoms with Gasteiger partial charge in [0.2, 0.25) is 5.91 Å². The Bertz CT molecular complexity index is 646. The van der Waals surface area contributed by atoms with Crippen molar-refractivity contribution in [1.82, 2.24) is 14.7 Å². The quantitative estimate of drug-likeness (QED) is 0.922. The minimum Gasteiger partial charge on any atom is -0.356 e. The summed E-state index contributed by atoms with van der Waals surface area (Å²) in [6, 6.07) is 3.05. The van der Waals surface area contributed by atoms with E-state index in [0.29, 0.717) is 25.3 Å². The van der Waals surface area contributed by atoms with E-state index in [1.54, 1.807) is 10.5 Å². The van der Waals surface area contributed by atoms with Crippen molar-refractivity contribution in [3.63, 3.8) is 0 Å². The molecule has 1 amide bonds. The van der Waals surface area contributed by atoms with Crippen LogP contribution in [0.15, 0.2) is 24.5 Å². The van der Waals surface area contributed by atoms with Gasteiger partial charge in [0.25, 0.3) is 0 Å². The number of rotatable bonds is 5. The van der Waals surface area contributed by atoms with E-state index in [2.05, 4.69) is 10.3 Å². The van der Waals surface area contributed by atoms with Crippen LogP contribution >= 0.6 is 0 Å². The first-order chi connectivity index (χ1) is 10.7. The van der Waals surface area contributed by atoms with Crippen LogP contribution in [0.2, 0.25) is 0 Å². The molecule has 5 heteroatoms. The molecule has 2 heterocycles. The van der Waals surface area contributed by atoms with Crippen LogP contribution in [-0.4, -0.2) is 21.8 Å². The molecule has 0 spiro atoms. The van der Waals surface area contributed by atoms with Gasteiger partial charge in [0.1, 0.15) is 11.5 Å². The minimum absolute atomic E-state index is 0.140. The highest BCUT2D eigenvalue weighted by molar-refractivity contribution is 5.76. The molecule has 118 valence electrons. The molecule has 1 fully saturated rings. The molecule has 4 nitrogen and oxygen atoms in total. The lowest BCUT2D eigenvalue weighted by atomic mass is 9.87. The summed E-state index contributed by atoms with van der Waals surface area (Å²) in [6.07, 6.45) is 10.7. The molecule has 2 aromatic rings. The van der Waals surface area contributed by atoms with E-state index < -0.39 is 0 Å². The van der Waals surface area contributed by atoms with E-state index >= 15 is 0 Å². The number of halogens is 1. The SMILES string of the molecule is O=C(CC1CCCCC1)NCCc1cn2cc(F)ccc2n1. The maximum Gasteiger partial charge on any atom is 0.220 e. The third-order valence-corrected chi connectivity index (χ3v) is 4.37. The third kappa shape index (κ3) is 3.84. The molecule has 1 aliphatic carbocycles. The van der Waals surface area contributed by atoms with Gasteiger partial charge in [-0.3, -0.25) is 4.79 Å². The normalized spacial score (nSPS) is 16.0. The van der Waals surface area contributed by atoms with Gasteiger partial charge in [-0.15, -0.1) is 0 Å². The number of carbonyl (C=O) groups excluding carboxylic acids is 1. The zero-order valence-electron chi connectivity index (χ0n) is 12.7. The Kier molecular flexibility index (Phi) is 4.71. The molecule has 0 radical (unpaired) electrons. The lowest BCUT2D eigenvalue weighted by molar-refractivity contribution is -0.122. The van der Waals surface area contributed by atoms with Crippen molar-refractivity contribution >= 4 is 11.6 Å². The lowest BCUT2D eigenvalue weighted by Crippen LogP contribution is -2.28. The summed E-state index contributed by atoms with van der Waals surface area (Å²) < 4.78 is 14.8. The second-order valence-corrected chi connectivity index (χ2v) is 6.15. The molecule has 2 aromatic heterocycles. The van der Waals surface area contributed by atoms with Gasteiger partial charge >= 0.3 is 0 Å². The summed E-state index contributed by atoms with van der Waals surface area (Å²) in [5.41, 5.74) is 1.59. The zero-order valence-corrected chi connectivity index (χ0v) is 12.7. The summed E-state index contributed by atoms with van der Waals surface area (Å²) in [5.74, 6) is 0.422. The number of hydrogen-bond acceptors (Lipinski definition) is 2. The number of fused-ring (bicyclic) bond motifs is 1. The Hall–Kier alpha value is -1.91. The molecule has 1 N–H and O–H groups in total. The minimum atomic E-state index is -0.280. The van der Waals surface area contributed by atoms with Crippen molar-refractivity contribution in [2.24, 2.45) is 5.92 Å². The molecule has 0 saturated heterocycles. The number of carbonyl (C=O) groups is 1. The Morgan fingerprint density at radius 2 is 2.09 bits per heavy atom. The molecule has 0 aliphatic heterocycles. The number of aromatic nitrogens is 2. The van der Waals surface area contributed by atoms with Gasteiger partial charge < -0.3 is 9.72 Å². The summed E-state index contributed by atoms with van der Waals surface area (Å²) in [4.78, 5) is 16.3. The molecule has 0 unspecified atom stereocenters. The molecular weight excluding hydrogens is 281 g/mol. The van der Waals surface area contributed by atoms with Gasteiger partial charge in [-0.25, -0.2) is 9.37 Å². The Morgan fingerprint density at radius 1 is 1.27 bits per heavy atom. The molecule has 1 saturated carbocycles. The van der Waals surface area contributed by atoms with Gasteiger partial charge in [-0.2, -0.15) is 0 Å². The fourth-order valence-corrected chi connectivity index (χ4v) is 3.19. The molecular formula is C17H22FN3O. The van der Waals surface area contributed by atoms with Crippen LogP contribution in [0.4, 0.5) is 4.39 Å². The van der Waals surface area contributed by atoms with Crippen LogP contribution in [0.3, 0.4) is 0 Å². The standard InChI is InChI=1S/C17H22FN3O/c18-14-6-7-16-20-15(12-21(16)11-14)8-9-19-17(22)10-13-4-2-1-3-5-13/h6-7,11-13H,1-5,8-10H2,(H,19,22). The highest BCUT2D eigenvalue weighted by atomic mass is 19.1. The Morgan fingerprint density at radius 3 is 2.91 bits per heavy atom. The molecule has 3 rings (SSSR count). The average Bonchev–Trinajstić information content (AvgIpc) is 2.90. The van der Waals surface area contributed by atoms with Crippen LogP contribution in [0.5, 0.6) is 0 Å². The van der Waals surface area contributed by atoms with Gasteiger partial charge in [0, 0.05) is 31.8 Å². The van der Waals surface area contributed by atoms with Crippen LogP contribution < -0.4 is 5.32 Å². The highest BCUT2D eigenvalue weighted by Crippen LogP contribution is 2.25. The number of pyridine rings is 1. The van der Waals surface area contributed by atoms with E-state index in [1.807, 2.05) is 6.20 Å². The van der Waals surface area contributed by atoms with E-state index in [9.17, 15) is 9.18 Å². The Balaban J connectivity index is 1.46. The number of imidazole rings is 1. The third-order valence-electron chi connectivity index (χ3n) is 4.37. The second-order valence-electron chi connectivity index (χ2n) is 6.15. The van der Waals surface area contributed by atoms with Crippen molar-refractivity contribution in [2.45, 2.75) is 44.9 Å². The number of nitrogens with zero attached hydrogens (tertiary/aromatic N) is 2. The Labute approximate surface area is 129 Å². The smallest absolute Gasteiger partial charge is 0.220 e. The first kappa shape index (κ1) is 15.0. The van der Waals surface area contributed by atoms with E-state index in [1.165, 1.54) is 44.4 Å². The van der Waals surface area contributed by atoms with E-state index in [0.717, 1.165) is 11.3 Å². The second kappa shape index (κ2) is 6.90. The number of nitrogens with one attached hydrogen (secondary N) is 1. The van der Waals surface area contributed by atoms with Gasteiger partial charge in [-0.1, -0.05) is 19.3 Å². The maximum absolute atomic E-state index is 13.1. The maximum atomic E-state index is 13.1.